The summed E-state index contributed by atoms with van der Waals surface area (Å²) in [4.78, 5) is 19.9. The average Bonchev–Trinajstić information content (AvgIpc) is 2.58. The number of aliphatic imine (C=N–C) groups is 1. The molecule has 1 unspecified atom stereocenters. The second-order valence-electron chi connectivity index (χ2n) is 7.19. The van der Waals surface area contributed by atoms with Crippen LogP contribution in [0.5, 0.6) is 0 Å². The smallest absolute Gasteiger partial charge is 0.410 e. The molecule has 2 rings (SSSR count). The number of rotatable bonds is 3. The number of hydrogen-bond acceptors (Lipinski definition) is 4. The lowest BCUT2D eigenvalue weighted by Gasteiger charge is -2.36. The molecule has 8 heteroatoms. The topological polar surface area (TPSA) is 91.4 Å². The van der Waals surface area contributed by atoms with Gasteiger partial charge in [-0.15, -0.1) is 0 Å². The lowest BCUT2D eigenvalue weighted by molar-refractivity contribution is 0.0186. The van der Waals surface area contributed by atoms with Crippen LogP contribution in [0, 0.1) is 0 Å². The van der Waals surface area contributed by atoms with E-state index >= 15 is 0 Å². The number of nitrogens with zero attached hydrogens (tertiary/aromatic N) is 3. The van der Waals surface area contributed by atoms with Gasteiger partial charge in [-0.1, -0.05) is 29.8 Å². The molecule has 26 heavy (non-hydrogen) atoms. The largest absolute Gasteiger partial charge is 0.444 e. The highest BCUT2D eigenvalue weighted by atomic mass is 35.5. The van der Waals surface area contributed by atoms with Gasteiger partial charge in [-0.25, -0.2) is 4.79 Å². The van der Waals surface area contributed by atoms with E-state index in [0.717, 1.165) is 0 Å². The van der Waals surface area contributed by atoms with Gasteiger partial charge >= 0.3 is 6.09 Å². The van der Waals surface area contributed by atoms with Crippen LogP contribution < -0.4 is 5.73 Å². The van der Waals surface area contributed by atoms with Crippen LogP contribution >= 0.6 is 11.6 Å². The van der Waals surface area contributed by atoms with Gasteiger partial charge < -0.3 is 25.4 Å². The van der Waals surface area contributed by atoms with Crippen molar-refractivity contribution in [3.05, 3.63) is 34.9 Å². The number of aliphatic hydroxyl groups excluding tert-OH is 1. The minimum Gasteiger partial charge on any atom is -0.444 e. The molecule has 1 amide bonds. The van der Waals surface area contributed by atoms with Gasteiger partial charge in [0.05, 0.1) is 6.54 Å². The van der Waals surface area contributed by atoms with E-state index in [2.05, 4.69) is 4.99 Å². The Kier molecular flexibility index (Phi) is 6.72. The third-order valence-corrected chi connectivity index (χ3v) is 4.29. The predicted octanol–water partition coefficient (Wildman–Crippen LogP) is 2.24. The zero-order chi connectivity index (χ0) is 19.3. The third-order valence-electron chi connectivity index (χ3n) is 3.95. The number of piperazine rings is 1. The van der Waals surface area contributed by atoms with E-state index in [-0.39, 0.29) is 12.6 Å². The number of carbonyl (C=O) groups is 1. The van der Waals surface area contributed by atoms with Gasteiger partial charge in [-0.3, -0.25) is 4.99 Å². The molecular weight excluding hydrogens is 356 g/mol. The normalized spacial score (nSPS) is 17.2. The van der Waals surface area contributed by atoms with Crippen LogP contribution in [-0.4, -0.2) is 65.3 Å². The first kappa shape index (κ1) is 20.3. The maximum absolute atomic E-state index is 12.1. The van der Waals surface area contributed by atoms with E-state index in [9.17, 15) is 9.90 Å². The van der Waals surface area contributed by atoms with Crippen LogP contribution in [0.2, 0.25) is 5.02 Å². The molecule has 1 aliphatic rings. The average molecular weight is 383 g/mol. The fourth-order valence-electron chi connectivity index (χ4n) is 2.57. The monoisotopic (exact) mass is 382 g/mol. The van der Waals surface area contributed by atoms with E-state index in [1.807, 2.05) is 31.7 Å². The number of guanidine groups is 1. The summed E-state index contributed by atoms with van der Waals surface area (Å²) in [5.41, 5.74) is 6.15. The Morgan fingerprint density at radius 2 is 1.85 bits per heavy atom. The number of carbonyl (C=O) groups excluding carboxylic acids is 1. The van der Waals surface area contributed by atoms with E-state index in [1.54, 1.807) is 23.1 Å². The second kappa shape index (κ2) is 8.60. The van der Waals surface area contributed by atoms with Crippen LogP contribution in [0.25, 0.3) is 0 Å². The van der Waals surface area contributed by atoms with Crippen molar-refractivity contribution in [2.45, 2.75) is 32.5 Å². The van der Waals surface area contributed by atoms with E-state index in [4.69, 9.17) is 22.1 Å². The van der Waals surface area contributed by atoms with Gasteiger partial charge in [0.2, 0.25) is 0 Å². The molecule has 1 fully saturated rings. The molecule has 1 heterocycles. The van der Waals surface area contributed by atoms with Crippen LogP contribution in [0.4, 0.5) is 4.79 Å². The summed E-state index contributed by atoms with van der Waals surface area (Å²) in [7, 11) is 0. The SMILES string of the molecule is CC(C)(C)OC(=O)N1CCN(C(N)=NCC(O)c2ccccc2Cl)CC1. The predicted molar refractivity (Wildman–Crippen MR) is 102 cm³/mol. The standard InChI is InChI=1S/C18H27ClN4O3/c1-18(2,3)26-17(25)23-10-8-22(9-11-23)16(20)21-12-15(24)13-6-4-5-7-14(13)19/h4-7,15,24H,8-12H2,1-3H3,(H2,20,21). The number of halogens is 1. The molecule has 1 aliphatic heterocycles. The quantitative estimate of drug-likeness (QED) is 0.618. The van der Waals surface area contributed by atoms with Gasteiger partial charge in [-0.2, -0.15) is 0 Å². The number of hydrogen-bond donors (Lipinski definition) is 2. The molecule has 3 N–H and O–H groups in total. The zero-order valence-electron chi connectivity index (χ0n) is 15.5. The van der Waals surface area contributed by atoms with Crippen molar-refractivity contribution >= 4 is 23.7 Å². The van der Waals surface area contributed by atoms with Crippen LogP contribution in [0.1, 0.15) is 32.4 Å². The van der Waals surface area contributed by atoms with Crippen molar-refractivity contribution in [3.63, 3.8) is 0 Å². The molecule has 1 atom stereocenters. The fraction of sp³-hybridized carbons (Fsp3) is 0.556. The summed E-state index contributed by atoms with van der Waals surface area (Å²) in [6.07, 6.45) is -1.13. The Morgan fingerprint density at radius 3 is 2.42 bits per heavy atom. The summed E-state index contributed by atoms with van der Waals surface area (Å²) in [6, 6.07) is 7.11. The Morgan fingerprint density at radius 1 is 1.27 bits per heavy atom. The molecular formula is C18H27ClN4O3. The molecule has 1 aromatic carbocycles. The molecule has 144 valence electrons. The first-order chi connectivity index (χ1) is 12.2. The number of amides is 1. The van der Waals surface area contributed by atoms with Crippen molar-refractivity contribution in [2.24, 2.45) is 10.7 Å². The Bertz CT molecular complexity index is 652. The lowest BCUT2D eigenvalue weighted by Crippen LogP contribution is -2.53. The van der Waals surface area contributed by atoms with Gasteiger partial charge in [0.25, 0.3) is 0 Å². The van der Waals surface area contributed by atoms with Crippen molar-refractivity contribution in [1.29, 1.82) is 0 Å². The molecule has 0 aliphatic carbocycles. The second-order valence-corrected chi connectivity index (χ2v) is 7.60. The molecule has 1 saturated heterocycles. The molecule has 1 aromatic rings. The lowest BCUT2D eigenvalue weighted by atomic mass is 10.1. The minimum atomic E-state index is -0.815. The van der Waals surface area contributed by atoms with Crippen molar-refractivity contribution in [1.82, 2.24) is 9.80 Å². The Labute approximate surface area is 159 Å². The molecule has 0 aromatic heterocycles. The summed E-state index contributed by atoms with van der Waals surface area (Å²) < 4.78 is 5.37. The number of benzene rings is 1. The molecule has 0 spiro atoms. The van der Waals surface area contributed by atoms with Gasteiger partial charge in [0.1, 0.15) is 11.7 Å². The Hall–Kier alpha value is -1.99. The highest BCUT2D eigenvalue weighted by Crippen LogP contribution is 2.22. The van der Waals surface area contributed by atoms with E-state index in [0.29, 0.717) is 42.7 Å². The number of aliphatic hydroxyl groups is 1. The van der Waals surface area contributed by atoms with E-state index in [1.165, 1.54) is 0 Å². The van der Waals surface area contributed by atoms with Gasteiger partial charge in [-0.05, 0) is 26.8 Å². The van der Waals surface area contributed by atoms with Crippen LogP contribution in [-0.2, 0) is 4.74 Å². The number of nitrogens with two attached hydrogens (primary N) is 1. The van der Waals surface area contributed by atoms with Crippen molar-refractivity contribution in [2.75, 3.05) is 32.7 Å². The minimum absolute atomic E-state index is 0.127. The van der Waals surface area contributed by atoms with Gasteiger partial charge in [0.15, 0.2) is 5.96 Å². The summed E-state index contributed by atoms with van der Waals surface area (Å²) in [5, 5.41) is 10.7. The van der Waals surface area contributed by atoms with Crippen LogP contribution in [0.3, 0.4) is 0 Å². The first-order valence-electron chi connectivity index (χ1n) is 8.62. The molecule has 7 nitrogen and oxygen atoms in total. The van der Waals surface area contributed by atoms with Gasteiger partial charge in [0, 0.05) is 36.8 Å². The highest BCUT2D eigenvalue weighted by molar-refractivity contribution is 6.31. The fourth-order valence-corrected chi connectivity index (χ4v) is 2.83. The van der Waals surface area contributed by atoms with Crippen LogP contribution in [0.15, 0.2) is 29.3 Å². The van der Waals surface area contributed by atoms with E-state index < -0.39 is 11.7 Å². The Balaban J connectivity index is 1.86. The third kappa shape index (κ3) is 5.78. The molecule has 0 bridgehead atoms. The van der Waals surface area contributed by atoms with Crippen molar-refractivity contribution in [3.8, 4) is 0 Å². The van der Waals surface area contributed by atoms with Crippen molar-refractivity contribution < 1.29 is 14.6 Å². The zero-order valence-corrected chi connectivity index (χ0v) is 16.2. The molecule has 0 saturated carbocycles. The maximum atomic E-state index is 12.1. The summed E-state index contributed by atoms with van der Waals surface area (Å²) in [5.74, 6) is 0.347. The number of ether oxygens (including phenoxy) is 1. The maximum Gasteiger partial charge on any atom is 0.410 e. The summed E-state index contributed by atoms with van der Waals surface area (Å²) >= 11 is 6.08. The first-order valence-corrected chi connectivity index (χ1v) is 9.00. The molecule has 0 radical (unpaired) electrons. The highest BCUT2D eigenvalue weighted by Gasteiger charge is 2.26. The summed E-state index contributed by atoms with van der Waals surface area (Å²) in [6.45, 7) is 7.81.